The van der Waals surface area contributed by atoms with E-state index in [0.717, 1.165) is 12.1 Å². The summed E-state index contributed by atoms with van der Waals surface area (Å²) in [7, 11) is 0. The summed E-state index contributed by atoms with van der Waals surface area (Å²) in [4.78, 5) is 3.65. The molecule has 0 fully saturated rings. The van der Waals surface area contributed by atoms with Crippen LogP contribution in [-0.2, 0) is 0 Å². The van der Waals surface area contributed by atoms with E-state index < -0.39 is 11.6 Å². The number of nitrogens with two attached hydrogens (primary N) is 1. The highest BCUT2D eigenvalue weighted by atomic mass is 19.1. The minimum absolute atomic E-state index is 0.0308. The van der Waals surface area contributed by atoms with Crippen molar-refractivity contribution in [1.29, 1.82) is 0 Å². The Morgan fingerprint density at radius 3 is 2.36 bits per heavy atom. The minimum atomic E-state index is -0.765. The summed E-state index contributed by atoms with van der Waals surface area (Å²) >= 11 is 0. The first kappa shape index (κ1) is 8.61. The molecule has 0 aliphatic heterocycles. The van der Waals surface area contributed by atoms with E-state index in [9.17, 15) is 8.78 Å². The van der Waals surface area contributed by atoms with Crippen molar-refractivity contribution in [3.05, 3.63) is 30.1 Å². The van der Waals surface area contributed by atoms with Crippen LogP contribution in [0, 0.1) is 11.6 Å². The van der Waals surface area contributed by atoms with E-state index in [2.05, 4.69) is 15.2 Å². The quantitative estimate of drug-likeness (QED) is 0.676. The Kier molecular flexibility index (Phi) is 1.88. The smallest absolute Gasteiger partial charge is 0.161 e. The van der Waals surface area contributed by atoms with Gasteiger partial charge in [0.15, 0.2) is 5.82 Å². The molecule has 2 rings (SSSR count). The maximum Gasteiger partial charge on any atom is 0.161 e. The Labute approximate surface area is 77.8 Å². The molecule has 0 saturated heterocycles. The summed E-state index contributed by atoms with van der Waals surface area (Å²) in [6.45, 7) is 0. The van der Waals surface area contributed by atoms with Gasteiger partial charge in [0.05, 0.1) is 5.56 Å². The first-order valence-electron chi connectivity index (χ1n) is 3.78. The molecule has 0 unspecified atom stereocenters. The Balaban J connectivity index is 2.64. The molecule has 0 saturated carbocycles. The Bertz CT molecular complexity index is 429. The molecule has 72 valence electrons. The summed E-state index contributed by atoms with van der Waals surface area (Å²) in [6.07, 6.45) is 1.17. The van der Waals surface area contributed by atoms with Crippen LogP contribution in [0.1, 0.15) is 0 Å². The maximum atomic E-state index is 13.3. The van der Waals surface area contributed by atoms with Crippen LogP contribution in [0.25, 0.3) is 11.4 Å². The summed E-state index contributed by atoms with van der Waals surface area (Å²) in [6, 6.07) is 2.06. The Morgan fingerprint density at radius 1 is 1.21 bits per heavy atom. The Morgan fingerprint density at radius 2 is 1.86 bits per heavy atom. The molecule has 1 aromatic carbocycles. The average molecular weight is 196 g/mol. The molecule has 2 aromatic rings. The zero-order valence-corrected chi connectivity index (χ0v) is 6.96. The van der Waals surface area contributed by atoms with Gasteiger partial charge in [-0.05, 0) is 12.1 Å². The molecular formula is C8H6F2N4. The van der Waals surface area contributed by atoms with Crippen LogP contribution in [0.15, 0.2) is 18.5 Å². The lowest BCUT2D eigenvalue weighted by Gasteiger charge is -2.02. The third-order valence-corrected chi connectivity index (χ3v) is 1.72. The lowest BCUT2D eigenvalue weighted by Crippen LogP contribution is -1.95. The molecular weight excluding hydrogens is 190 g/mol. The van der Waals surface area contributed by atoms with Crippen molar-refractivity contribution < 1.29 is 8.78 Å². The Hall–Kier alpha value is -1.98. The fourth-order valence-electron chi connectivity index (χ4n) is 1.14. The normalized spacial score (nSPS) is 10.4. The van der Waals surface area contributed by atoms with Crippen molar-refractivity contribution in [1.82, 2.24) is 15.2 Å². The number of rotatable bonds is 1. The SMILES string of the molecule is Nc1cc(F)c(-c2ncn[nH]2)c(F)c1. The van der Waals surface area contributed by atoms with E-state index in [1.807, 2.05) is 0 Å². The average Bonchev–Trinajstić information content (AvgIpc) is 2.54. The molecule has 3 N–H and O–H groups in total. The number of halogens is 2. The van der Waals surface area contributed by atoms with Gasteiger partial charge >= 0.3 is 0 Å². The molecule has 0 bridgehead atoms. The number of nitrogen functional groups attached to an aromatic ring is 1. The predicted molar refractivity (Wildman–Crippen MR) is 46.1 cm³/mol. The largest absolute Gasteiger partial charge is 0.399 e. The number of aromatic amines is 1. The van der Waals surface area contributed by atoms with Crippen molar-refractivity contribution in [3.8, 4) is 11.4 Å². The monoisotopic (exact) mass is 196 g/mol. The summed E-state index contributed by atoms with van der Waals surface area (Å²) in [5.74, 6) is -1.49. The van der Waals surface area contributed by atoms with Gasteiger partial charge < -0.3 is 5.73 Å². The standard InChI is InChI=1S/C8H6F2N4/c9-5-1-4(11)2-6(10)7(5)8-12-3-13-14-8/h1-3H,11H2,(H,12,13,14). The molecule has 0 amide bonds. The van der Waals surface area contributed by atoms with Gasteiger partial charge in [-0.25, -0.2) is 13.8 Å². The van der Waals surface area contributed by atoms with Crippen LogP contribution in [0.3, 0.4) is 0 Å². The van der Waals surface area contributed by atoms with Crippen molar-refractivity contribution >= 4 is 5.69 Å². The number of nitrogens with one attached hydrogen (secondary N) is 1. The number of anilines is 1. The second-order valence-corrected chi connectivity index (χ2v) is 2.69. The van der Waals surface area contributed by atoms with E-state index in [4.69, 9.17) is 5.73 Å². The van der Waals surface area contributed by atoms with Crippen molar-refractivity contribution in [2.75, 3.05) is 5.73 Å². The number of hydrogen-bond donors (Lipinski definition) is 2. The molecule has 4 nitrogen and oxygen atoms in total. The second-order valence-electron chi connectivity index (χ2n) is 2.69. The van der Waals surface area contributed by atoms with Gasteiger partial charge in [-0.15, -0.1) is 0 Å². The molecule has 0 spiro atoms. The van der Waals surface area contributed by atoms with Gasteiger partial charge in [-0.3, -0.25) is 5.10 Å². The van der Waals surface area contributed by atoms with Crippen molar-refractivity contribution in [2.45, 2.75) is 0 Å². The van der Waals surface area contributed by atoms with E-state index in [1.165, 1.54) is 6.33 Å². The van der Waals surface area contributed by atoms with Gasteiger partial charge in [0.2, 0.25) is 0 Å². The summed E-state index contributed by atoms with van der Waals surface area (Å²) in [5.41, 5.74) is 5.03. The molecule has 1 aromatic heterocycles. The zero-order chi connectivity index (χ0) is 10.1. The summed E-state index contributed by atoms with van der Waals surface area (Å²) in [5, 5.41) is 5.88. The van der Waals surface area contributed by atoms with E-state index in [1.54, 1.807) is 0 Å². The van der Waals surface area contributed by atoms with Crippen LogP contribution in [-0.4, -0.2) is 15.2 Å². The van der Waals surface area contributed by atoms with Crippen LogP contribution in [0.4, 0.5) is 14.5 Å². The van der Waals surface area contributed by atoms with Gasteiger partial charge in [-0.1, -0.05) is 0 Å². The van der Waals surface area contributed by atoms with Crippen molar-refractivity contribution in [2.24, 2.45) is 0 Å². The fourth-order valence-corrected chi connectivity index (χ4v) is 1.14. The second kappa shape index (κ2) is 3.06. The molecule has 0 atom stereocenters. The molecule has 1 heterocycles. The summed E-state index contributed by atoms with van der Waals surface area (Å²) < 4.78 is 26.5. The highest BCUT2D eigenvalue weighted by Crippen LogP contribution is 2.24. The number of hydrogen-bond acceptors (Lipinski definition) is 3. The highest BCUT2D eigenvalue weighted by molar-refractivity contribution is 5.60. The van der Waals surface area contributed by atoms with Crippen LogP contribution in [0.2, 0.25) is 0 Å². The van der Waals surface area contributed by atoms with Crippen LogP contribution >= 0.6 is 0 Å². The van der Waals surface area contributed by atoms with Gasteiger partial charge in [0, 0.05) is 5.69 Å². The third-order valence-electron chi connectivity index (χ3n) is 1.72. The minimum Gasteiger partial charge on any atom is -0.399 e. The van der Waals surface area contributed by atoms with E-state index in [0.29, 0.717) is 0 Å². The molecule has 14 heavy (non-hydrogen) atoms. The molecule has 0 aliphatic carbocycles. The van der Waals surface area contributed by atoms with Crippen LogP contribution < -0.4 is 5.73 Å². The lowest BCUT2D eigenvalue weighted by atomic mass is 10.1. The number of aromatic nitrogens is 3. The van der Waals surface area contributed by atoms with Gasteiger partial charge in [0.25, 0.3) is 0 Å². The topological polar surface area (TPSA) is 67.6 Å². The van der Waals surface area contributed by atoms with Crippen molar-refractivity contribution in [3.63, 3.8) is 0 Å². The first-order chi connectivity index (χ1) is 6.68. The molecule has 0 aliphatic rings. The molecule has 6 heteroatoms. The first-order valence-corrected chi connectivity index (χ1v) is 3.78. The fraction of sp³-hybridized carbons (Fsp3) is 0. The van der Waals surface area contributed by atoms with E-state index >= 15 is 0 Å². The number of H-pyrrole nitrogens is 1. The lowest BCUT2D eigenvalue weighted by molar-refractivity contribution is 0.589. The maximum absolute atomic E-state index is 13.3. The number of nitrogens with zero attached hydrogens (tertiary/aromatic N) is 2. The third kappa shape index (κ3) is 1.30. The van der Waals surface area contributed by atoms with Gasteiger partial charge in [0.1, 0.15) is 18.0 Å². The number of benzene rings is 1. The molecule has 0 radical (unpaired) electrons. The van der Waals surface area contributed by atoms with Gasteiger partial charge in [-0.2, -0.15) is 5.10 Å². The highest BCUT2D eigenvalue weighted by Gasteiger charge is 2.14. The van der Waals surface area contributed by atoms with Crippen LogP contribution in [0.5, 0.6) is 0 Å². The van der Waals surface area contributed by atoms with E-state index in [-0.39, 0.29) is 17.1 Å². The predicted octanol–water partition coefficient (Wildman–Crippen LogP) is 1.33. The zero-order valence-electron chi connectivity index (χ0n) is 6.96.